The van der Waals surface area contributed by atoms with Gasteiger partial charge in [-0.15, -0.1) is 0 Å². The summed E-state index contributed by atoms with van der Waals surface area (Å²) in [4.78, 5) is 19.5. The molecule has 0 bridgehead atoms. The lowest BCUT2D eigenvalue weighted by atomic mass is 10.1. The van der Waals surface area contributed by atoms with Gasteiger partial charge in [-0.3, -0.25) is 0 Å². The molecule has 0 unspecified atom stereocenters. The number of pyridine rings is 1. The molecule has 156 valence electrons. The molecule has 0 atom stereocenters. The first-order valence-electron chi connectivity index (χ1n) is 8.99. The number of nitrogens with zero attached hydrogens (tertiary/aromatic N) is 3. The summed E-state index contributed by atoms with van der Waals surface area (Å²) in [6.07, 6.45) is -3.16. The van der Waals surface area contributed by atoms with Gasteiger partial charge in [-0.05, 0) is 30.2 Å². The Hall–Kier alpha value is -2.55. The summed E-state index contributed by atoms with van der Waals surface area (Å²) in [7, 11) is 0. The summed E-state index contributed by atoms with van der Waals surface area (Å²) >= 11 is 5.98. The van der Waals surface area contributed by atoms with Crippen LogP contribution < -0.4 is 10.2 Å². The average molecular weight is 431 g/mol. The van der Waals surface area contributed by atoms with Crippen molar-refractivity contribution < 1.29 is 22.4 Å². The summed E-state index contributed by atoms with van der Waals surface area (Å²) in [6.45, 7) is 2.01. The Balaban J connectivity index is 1.48. The minimum atomic E-state index is -4.50. The average Bonchev–Trinajstić information content (AvgIpc) is 2.69. The zero-order valence-corrected chi connectivity index (χ0v) is 16.1. The van der Waals surface area contributed by atoms with Gasteiger partial charge >= 0.3 is 12.2 Å². The third-order valence-corrected chi connectivity index (χ3v) is 4.90. The van der Waals surface area contributed by atoms with Crippen molar-refractivity contribution >= 4 is 23.4 Å². The molecule has 0 saturated carbocycles. The molecule has 29 heavy (non-hydrogen) atoms. The lowest BCUT2D eigenvalue weighted by Gasteiger charge is -2.35. The first-order chi connectivity index (χ1) is 13.7. The molecule has 3 rings (SSSR count). The fourth-order valence-corrected chi connectivity index (χ4v) is 3.30. The highest BCUT2D eigenvalue weighted by atomic mass is 35.5. The lowest BCUT2D eigenvalue weighted by Crippen LogP contribution is -2.52. The van der Waals surface area contributed by atoms with Crippen LogP contribution in [0.15, 0.2) is 36.5 Å². The van der Waals surface area contributed by atoms with Crippen LogP contribution in [0.3, 0.4) is 0 Å². The molecule has 2 heterocycles. The van der Waals surface area contributed by atoms with Gasteiger partial charge in [0.1, 0.15) is 11.6 Å². The smallest absolute Gasteiger partial charge is 0.352 e. The van der Waals surface area contributed by atoms with Crippen LogP contribution in [0.1, 0.15) is 11.1 Å². The zero-order valence-electron chi connectivity index (χ0n) is 15.3. The quantitative estimate of drug-likeness (QED) is 0.747. The van der Waals surface area contributed by atoms with E-state index in [0.29, 0.717) is 39.1 Å². The molecular weight excluding hydrogens is 412 g/mol. The molecule has 0 radical (unpaired) electrons. The number of rotatable bonds is 4. The Morgan fingerprint density at radius 3 is 2.38 bits per heavy atom. The summed E-state index contributed by atoms with van der Waals surface area (Å²) in [5, 5.41) is 2.74. The number of amides is 2. The monoisotopic (exact) mass is 430 g/mol. The van der Waals surface area contributed by atoms with Gasteiger partial charge in [0, 0.05) is 38.9 Å². The Bertz CT molecular complexity index is 852. The van der Waals surface area contributed by atoms with Gasteiger partial charge in [0.15, 0.2) is 0 Å². The normalized spacial score (nSPS) is 14.8. The van der Waals surface area contributed by atoms with Crippen LogP contribution in [0.4, 0.5) is 28.2 Å². The molecule has 1 aliphatic heterocycles. The standard InChI is InChI=1S/C19H19ClF4N4O/c20-16-11-14(19(22,23)24)12-26-17(16)27-7-9-28(10-8-27)18(29)25-6-5-13-1-3-15(21)4-2-13/h1-4,11-12H,5-10H2,(H,25,29). The predicted octanol–water partition coefficient (Wildman–Crippen LogP) is 3.97. The number of urea groups is 1. The molecule has 1 aromatic heterocycles. The first kappa shape index (κ1) is 21.2. The molecule has 1 N–H and O–H groups in total. The van der Waals surface area contributed by atoms with Crippen LogP contribution in [0, 0.1) is 5.82 Å². The summed E-state index contributed by atoms with van der Waals surface area (Å²) < 4.78 is 51.1. The van der Waals surface area contributed by atoms with Gasteiger partial charge in [-0.25, -0.2) is 14.2 Å². The van der Waals surface area contributed by atoms with Crippen LogP contribution in [0.2, 0.25) is 5.02 Å². The fraction of sp³-hybridized carbons (Fsp3) is 0.368. The van der Waals surface area contributed by atoms with Gasteiger partial charge < -0.3 is 15.1 Å². The van der Waals surface area contributed by atoms with Crippen LogP contribution in [-0.4, -0.2) is 48.6 Å². The maximum absolute atomic E-state index is 12.9. The van der Waals surface area contributed by atoms with E-state index in [1.807, 2.05) is 0 Å². The van der Waals surface area contributed by atoms with Gasteiger partial charge in [-0.2, -0.15) is 13.2 Å². The lowest BCUT2D eigenvalue weighted by molar-refractivity contribution is -0.137. The number of carbonyl (C=O) groups excluding carboxylic acids is 1. The molecule has 1 saturated heterocycles. The topological polar surface area (TPSA) is 48.5 Å². The van der Waals surface area contributed by atoms with E-state index >= 15 is 0 Å². The van der Waals surface area contributed by atoms with Crippen molar-refractivity contribution in [3.05, 3.63) is 58.5 Å². The number of halogens is 5. The zero-order chi connectivity index (χ0) is 21.0. The van der Waals surface area contributed by atoms with Crippen LogP contribution in [0.25, 0.3) is 0 Å². The Morgan fingerprint density at radius 1 is 1.14 bits per heavy atom. The van der Waals surface area contributed by atoms with Crippen molar-refractivity contribution in [1.29, 1.82) is 0 Å². The number of nitrogens with one attached hydrogen (secondary N) is 1. The van der Waals surface area contributed by atoms with Crippen molar-refractivity contribution in [3.63, 3.8) is 0 Å². The second-order valence-electron chi connectivity index (χ2n) is 6.61. The van der Waals surface area contributed by atoms with Crippen molar-refractivity contribution in [3.8, 4) is 0 Å². The molecule has 5 nitrogen and oxygen atoms in total. The van der Waals surface area contributed by atoms with Gasteiger partial charge in [0.25, 0.3) is 0 Å². The highest BCUT2D eigenvalue weighted by Gasteiger charge is 2.32. The SMILES string of the molecule is O=C(NCCc1ccc(F)cc1)N1CCN(c2ncc(C(F)(F)F)cc2Cl)CC1. The molecule has 10 heteroatoms. The van der Waals surface area contributed by atoms with Crippen LogP contribution in [-0.2, 0) is 12.6 Å². The van der Waals surface area contributed by atoms with Crippen molar-refractivity contribution in [2.24, 2.45) is 0 Å². The Kier molecular flexibility index (Phi) is 6.46. The van der Waals surface area contributed by atoms with E-state index in [0.717, 1.165) is 17.8 Å². The number of anilines is 1. The van der Waals surface area contributed by atoms with E-state index in [1.54, 1.807) is 21.9 Å². The molecule has 2 aromatic rings. The molecule has 0 aliphatic carbocycles. The molecule has 1 fully saturated rings. The summed E-state index contributed by atoms with van der Waals surface area (Å²) in [6, 6.07) is 6.71. The number of hydrogen-bond donors (Lipinski definition) is 1. The van der Waals surface area contributed by atoms with Gasteiger partial charge in [-0.1, -0.05) is 23.7 Å². The third-order valence-electron chi connectivity index (χ3n) is 4.62. The molecular formula is C19H19ClF4N4O. The first-order valence-corrected chi connectivity index (χ1v) is 9.37. The minimum absolute atomic E-state index is 0.0722. The summed E-state index contributed by atoms with van der Waals surface area (Å²) in [5.41, 5.74) is 0.0185. The molecule has 1 aromatic carbocycles. The van der Waals surface area contributed by atoms with E-state index in [1.165, 1.54) is 12.1 Å². The van der Waals surface area contributed by atoms with E-state index < -0.39 is 11.7 Å². The number of carbonyl (C=O) groups is 1. The van der Waals surface area contributed by atoms with E-state index in [2.05, 4.69) is 10.3 Å². The van der Waals surface area contributed by atoms with Gasteiger partial charge in [0.2, 0.25) is 0 Å². The number of hydrogen-bond acceptors (Lipinski definition) is 3. The van der Waals surface area contributed by atoms with E-state index in [9.17, 15) is 22.4 Å². The second kappa shape index (κ2) is 8.86. The highest BCUT2D eigenvalue weighted by Crippen LogP contribution is 2.33. The molecule has 2 amide bonds. The van der Waals surface area contributed by atoms with Crippen molar-refractivity contribution in [2.45, 2.75) is 12.6 Å². The van der Waals surface area contributed by atoms with Crippen LogP contribution >= 0.6 is 11.6 Å². The minimum Gasteiger partial charge on any atom is -0.352 e. The largest absolute Gasteiger partial charge is 0.417 e. The van der Waals surface area contributed by atoms with Crippen LogP contribution in [0.5, 0.6) is 0 Å². The van der Waals surface area contributed by atoms with Crippen molar-refractivity contribution in [2.75, 3.05) is 37.6 Å². The number of piperazine rings is 1. The van der Waals surface area contributed by atoms with Gasteiger partial charge in [0.05, 0.1) is 10.6 Å². The number of alkyl halides is 3. The summed E-state index contributed by atoms with van der Waals surface area (Å²) in [5.74, 6) is -0.0330. The molecule has 0 spiro atoms. The highest BCUT2D eigenvalue weighted by molar-refractivity contribution is 6.33. The maximum Gasteiger partial charge on any atom is 0.417 e. The Labute approximate surface area is 170 Å². The van der Waals surface area contributed by atoms with E-state index in [-0.39, 0.29) is 22.7 Å². The Morgan fingerprint density at radius 2 is 1.79 bits per heavy atom. The second-order valence-corrected chi connectivity index (χ2v) is 7.02. The molecule has 1 aliphatic rings. The van der Waals surface area contributed by atoms with E-state index in [4.69, 9.17) is 11.6 Å². The predicted molar refractivity (Wildman–Crippen MR) is 102 cm³/mol. The number of benzene rings is 1. The van der Waals surface area contributed by atoms with Crippen molar-refractivity contribution in [1.82, 2.24) is 15.2 Å². The fourth-order valence-electron chi connectivity index (χ4n) is 3.02. The number of aromatic nitrogens is 1. The maximum atomic E-state index is 12.9. The third kappa shape index (κ3) is 5.50.